The molecule has 2 N–H and O–H groups in total. The molecule has 1 aromatic carbocycles. The Hall–Kier alpha value is -2.52. The van der Waals surface area contributed by atoms with Crippen LogP contribution in [-0.4, -0.2) is 80.9 Å². The molecular weight excluding hydrogens is 472 g/mol. The molecule has 0 spiro atoms. The largest absolute Gasteiger partial charge is 0.431 e. The highest BCUT2D eigenvalue weighted by Gasteiger charge is 2.32. The highest BCUT2D eigenvalue weighted by molar-refractivity contribution is 7.87. The average molecular weight is 501 g/mol. The number of amides is 1. The van der Waals surface area contributed by atoms with E-state index >= 15 is 0 Å². The third-order valence-electron chi connectivity index (χ3n) is 5.13. The molecule has 182 valence electrons. The summed E-state index contributed by atoms with van der Waals surface area (Å²) in [5.41, 5.74) is 2.50. The molecule has 1 fully saturated rings. The Morgan fingerprint density at radius 3 is 2.42 bits per heavy atom. The van der Waals surface area contributed by atoms with E-state index in [0.29, 0.717) is 0 Å². The summed E-state index contributed by atoms with van der Waals surface area (Å²) in [6.45, 7) is 3.97. The first-order chi connectivity index (χ1) is 15.4. The fourth-order valence-electron chi connectivity index (χ4n) is 3.23. The standard InChI is InChI=1S/C19H28N6O6S2/c1-14-6-7-15(2)16(12-14)20-19-21-17(13-31-19)18(26)22-32(27,28)24-8-5-9-25(11-10-24)33(29,30)23(3)4/h6-7,12-13H,5,8-11H2,1-4H3,(H,20,21)(H,22,26). The lowest BCUT2D eigenvalue weighted by Gasteiger charge is -2.24. The number of hydrogen-bond donors (Lipinski definition) is 2. The van der Waals surface area contributed by atoms with Crippen molar-refractivity contribution in [3.8, 4) is 0 Å². The molecule has 14 heteroatoms. The number of rotatable bonds is 7. The molecular formula is C19H28N6O6S2. The van der Waals surface area contributed by atoms with E-state index in [2.05, 4.69) is 10.3 Å². The van der Waals surface area contributed by atoms with E-state index in [4.69, 9.17) is 4.42 Å². The molecule has 1 aromatic heterocycles. The maximum absolute atomic E-state index is 12.7. The van der Waals surface area contributed by atoms with Crippen LogP contribution < -0.4 is 10.0 Å². The molecule has 2 aromatic rings. The quantitative estimate of drug-likeness (QED) is 0.568. The van der Waals surface area contributed by atoms with Gasteiger partial charge in [-0.1, -0.05) is 12.1 Å². The second kappa shape index (κ2) is 9.77. The fourth-order valence-corrected chi connectivity index (χ4v) is 5.52. The molecule has 12 nitrogen and oxygen atoms in total. The van der Waals surface area contributed by atoms with Gasteiger partial charge in [-0.3, -0.25) is 4.79 Å². The molecule has 0 unspecified atom stereocenters. The van der Waals surface area contributed by atoms with Crippen molar-refractivity contribution < 1.29 is 26.0 Å². The summed E-state index contributed by atoms with van der Waals surface area (Å²) in [4.78, 5) is 16.5. The van der Waals surface area contributed by atoms with Crippen molar-refractivity contribution in [1.29, 1.82) is 0 Å². The fraction of sp³-hybridized carbons (Fsp3) is 0.474. The maximum Gasteiger partial charge on any atom is 0.304 e. The predicted molar refractivity (Wildman–Crippen MR) is 122 cm³/mol. The second-order valence-electron chi connectivity index (χ2n) is 7.86. The van der Waals surface area contributed by atoms with Crippen LogP contribution in [0.2, 0.25) is 0 Å². The minimum absolute atomic E-state index is 0.0243. The molecule has 2 heterocycles. The lowest BCUT2D eigenvalue weighted by atomic mass is 10.1. The molecule has 0 atom stereocenters. The van der Waals surface area contributed by atoms with Gasteiger partial charge in [0.05, 0.1) is 0 Å². The molecule has 1 amide bonds. The van der Waals surface area contributed by atoms with Crippen LogP contribution in [0.5, 0.6) is 0 Å². The Labute approximate surface area is 193 Å². The number of oxazole rings is 1. The van der Waals surface area contributed by atoms with Crippen LogP contribution in [0, 0.1) is 13.8 Å². The predicted octanol–water partition coefficient (Wildman–Crippen LogP) is 0.824. The molecule has 33 heavy (non-hydrogen) atoms. The van der Waals surface area contributed by atoms with Crippen LogP contribution in [0.4, 0.5) is 11.7 Å². The highest BCUT2D eigenvalue weighted by Crippen LogP contribution is 2.21. The van der Waals surface area contributed by atoms with Crippen molar-refractivity contribution >= 4 is 38.0 Å². The zero-order valence-corrected chi connectivity index (χ0v) is 20.5. The van der Waals surface area contributed by atoms with Gasteiger partial charge < -0.3 is 9.73 Å². The number of carbonyl (C=O) groups is 1. The molecule has 0 aliphatic carbocycles. The monoisotopic (exact) mass is 500 g/mol. The van der Waals surface area contributed by atoms with Crippen molar-refractivity contribution in [3.63, 3.8) is 0 Å². The van der Waals surface area contributed by atoms with E-state index in [0.717, 1.165) is 31.7 Å². The van der Waals surface area contributed by atoms with Crippen molar-refractivity contribution in [3.05, 3.63) is 41.3 Å². The van der Waals surface area contributed by atoms with Gasteiger partial charge in [0.15, 0.2) is 5.69 Å². The van der Waals surface area contributed by atoms with Crippen LogP contribution in [0.25, 0.3) is 0 Å². The number of hydrogen-bond acceptors (Lipinski definition) is 8. The molecule has 1 aliphatic rings. The normalized spacial score (nSPS) is 16.5. The number of nitrogens with zero attached hydrogens (tertiary/aromatic N) is 4. The van der Waals surface area contributed by atoms with Crippen molar-refractivity contribution in [2.75, 3.05) is 45.6 Å². The van der Waals surface area contributed by atoms with Crippen molar-refractivity contribution in [1.82, 2.24) is 22.6 Å². The summed E-state index contributed by atoms with van der Waals surface area (Å²) < 4.78 is 60.7. The Balaban J connectivity index is 1.66. The number of benzene rings is 1. The lowest BCUT2D eigenvalue weighted by Crippen LogP contribution is -2.46. The third-order valence-corrected chi connectivity index (χ3v) is 8.56. The zero-order chi connectivity index (χ0) is 24.4. The van der Waals surface area contributed by atoms with Gasteiger partial charge in [-0.2, -0.15) is 34.7 Å². The first-order valence-corrected chi connectivity index (χ1v) is 13.0. The van der Waals surface area contributed by atoms with Gasteiger partial charge in [0.1, 0.15) is 6.26 Å². The van der Waals surface area contributed by atoms with Gasteiger partial charge in [-0.15, -0.1) is 0 Å². The van der Waals surface area contributed by atoms with Crippen LogP contribution >= 0.6 is 0 Å². The Bertz CT molecular complexity index is 1230. The number of nitrogens with one attached hydrogen (secondary N) is 2. The molecule has 0 saturated carbocycles. The molecule has 1 saturated heterocycles. The summed E-state index contributed by atoms with van der Waals surface area (Å²) >= 11 is 0. The first kappa shape index (κ1) is 25.1. The summed E-state index contributed by atoms with van der Waals surface area (Å²) in [5.74, 6) is -0.949. The SMILES string of the molecule is Cc1ccc(C)c(Nc2nc(C(=O)NS(=O)(=O)N3CCCN(S(=O)(=O)N(C)C)CC3)co2)c1. The van der Waals surface area contributed by atoms with E-state index in [-0.39, 0.29) is 44.3 Å². The van der Waals surface area contributed by atoms with Gasteiger partial charge in [0.25, 0.3) is 22.1 Å². The Morgan fingerprint density at radius 2 is 1.73 bits per heavy atom. The summed E-state index contributed by atoms with van der Waals surface area (Å²) in [6, 6.07) is 5.82. The maximum atomic E-state index is 12.7. The zero-order valence-electron chi connectivity index (χ0n) is 18.9. The van der Waals surface area contributed by atoms with E-state index in [1.807, 2.05) is 36.8 Å². The number of anilines is 2. The molecule has 0 bridgehead atoms. The van der Waals surface area contributed by atoms with Crippen LogP contribution in [0.1, 0.15) is 28.0 Å². The average Bonchev–Trinajstić information content (AvgIpc) is 3.03. The minimum atomic E-state index is -4.21. The van der Waals surface area contributed by atoms with Gasteiger partial charge >= 0.3 is 10.2 Å². The highest BCUT2D eigenvalue weighted by atomic mass is 32.2. The number of carbonyl (C=O) groups excluding carboxylic acids is 1. The van der Waals surface area contributed by atoms with Crippen molar-refractivity contribution in [2.24, 2.45) is 0 Å². The Kier molecular flexibility index (Phi) is 7.43. The first-order valence-electron chi connectivity index (χ1n) is 10.2. The topological polar surface area (TPSA) is 145 Å². The summed E-state index contributed by atoms with van der Waals surface area (Å²) in [5, 5.41) is 2.97. The van der Waals surface area contributed by atoms with E-state index in [1.54, 1.807) is 0 Å². The number of aryl methyl sites for hydroxylation is 2. The van der Waals surface area contributed by atoms with Crippen molar-refractivity contribution in [2.45, 2.75) is 20.3 Å². The second-order valence-corrected chi connectivity index (χ2v) is 11.7. The van der Waals surface area contributed by atoms with Gasteiger partial charge in [-0.05, 0) is 37.5 Å². The van der Waals surface area contributed by atoms with E-state index < -0.39 is 26.3 Å². The third kappa shape index (κ3) is 5.89. The lowest BCUT2D eigenvalue weighted by molar-refractivity contribution is 0.0974. The molecule has 0 radical (unpaired) electrons. The summed E-state index contributed by atoms with van der Waals surface area (Å²) in [6.07, 6.45) is 1.35. The summed E-state index contributed by atoms with van der Waals surface area (Å²) in [7, 11) is -5.04. The smallest absolute Gasteiger partial charge is 0.304 e. The van der Waals surface area contributed by atoms with Crippen LogP contribution in [0.3, 0.4) is 0 Å². The molecule has 3 rings (SSSR count). The number of aromatic nitrogens is 1. The van der Waals surface area contributed by atoms with Crippen LogP contribution in [0.15, 0.2) is 28.9 Å². The van der Waals surface area contributed by atoms with E-state index in [9.17, 15) is 21.6 Å². The van der Waals surface area contributed by atoms with Crippen LogP contribution in [-0.2, 0) is 20.4 Å². The minimum Gasteiger partial charge on any atom is -0.431 e. The van der Waals surface area contributed by atoms with Gasteiger partial charge in [-0.25, -0.2) is 4.72 Å². The molecule has 1 aliphatic heterocycles. The van der Waals surface area contributed by atoms with Gasteiger partial charge in [0, 0.05) is 46.0 Å². The Morgan fingerprint density at radius 1 is 1.06 bits per heavy atom. The van der Waals surface area contributed by atoms with Gasteiger partial charge in [0.2, 0.25) is 0 Å². The van der Waals surface area contributed by atoms with E-state index in [1.165, 1.54) is 18.4 Å².